The highest BCUT2D eigenvalue weighted by atomic mass is 32.2. The Labute approximate surface area is 98.6 Å². The van der Waals surface area contributed by atoms with Crippen LogP contribution in [-0.4, -0.2) is 31.0 Å². The van der Waals surface area contributed by atoms with Crippen LogP contribution in [0.2, 0.25) is 0 Å². The highest BCUT2D eigenvalue weighted by molar-refractivity contribution is 8.00. The van der Waals surface area contributed by atoms with E-state index in [-0.39, 0.29) is 5.75 Å². The average Bonchev–Trinajstić information content (AvgIpc) is 2.26. The Kier molecular flexibility index (Phi) is 4.49. The molecule has 1 rings (SSSR count). The molecule has 0 unspecified atom stereocenters. The summed E-state index contributed by atoms with van der Waals surface area (Å²) in [6, 6.07) is 3.63. The number of aryl methyl sites for hydroxylation is 1. The number of hydrogen-bond donors (Lipinski definition) is 1. The summed E-state index contributed by atoms with van der Waals surface area (Å²) in [4.78, 5) is 11.3. The highest BCUT2D eigenvalue weighted by Crippen LogP contribution is 2.35. The first-order valence-corrected chi connectivity index (χ1v) is 5.64. The van der Waals surface area contributed by atoms with Gasteiger partial charge in [0.05, 0.1) is 24.9 Å². The molecule has 4 nitrogen and oxygen atoms in total. The standard InChI is InChI=1S/C11H14O4S/c1-7-4-9(15-3)10(5-8(7)14-2)16-6-11(12)13/h4-5H,6H2,1-3H3,(H,12,13). The second-order valence-corrected chi connectivity index (χ2v) is 4.17. The van der Waals surface area contributed by atoms with Gasteiger partial charge < -0.3 is 14.6 Å². The molecular weight excluding hydrogens is 228 g/mol. The van der Waals surface area contributed by atoms with Crippen LogP contribution in [0.15, 0.2) is 17.0 Å². The number of carboxylic acids is 1. The normalized spacial score (nSPS) is 9.94. The average molecular weight is 242 g/mol. The first-order chi connectivity index (χ1) is 7.58. The van der Waals surface area contributed by atoms with Crippen molar-refractivity contribution in [2.75, 3.05) is 20.0 Å². The summed E-state index contributed by atoms with van der Waals surface area (Å²) >= 11 is 1.21. The Hall–Kier alpha value is -1.36. The minimum atomic E-state index is -0.855. The lowest BCUT2D eigenvalue weighted by molar-refractivity contribution is -0.133. The van der Waals surface area contributed by atoms with E-state index in [1.54, 1.807) is 20.3 Å². The van der Waals surface area contributed by atoms with Gasteiger partial charge in [0.2, 0.25) is 0 Å². The van der Waals surface area contributed by atoms with Gasteiger partial charge >= 0.3 is 5.97 Å². The summed E-state index contributed by atoms with van der Waals surface area (Å²) in [7, 11) is 3.15. The number of benzene rings is 1. The minimum absolute atomic E-state index is 0.00255. The van der Waals surface area contributed by atoms with Crippen LogP contribution < -0.4 is 9.47 Å². The Bertz CT molecular complexity index is 390. The number of carbonyl (C=O) groups is 1. The third kappa shape index (κ3) is 3.06. The molecule has 0 bridgehead atoms. The third-order valence-corrected chi connectivity index (χ3v) is 3.05. The maximum atomic E-state index is 10.5. The fraction of sp³-hybridized carbons (Fsp3) is 0.364. The molecule has 0 radical (unpaired) electrons. The molecule has 0 aliphatic rings. The number of thioether (sulfide) groups is 1. The van der Waals surface area contributed by atoms with Gasteiger partial charge in [0, 0.05) is 0 Å². The van der Waals surface area contributed by atoms with Gasteiger partial charge in [-0.05, 0) is 24.6 Å². The topological polar surface area (TPSA) is 55.8 Å². The first kappa shape index (κ1) is 12.7. The summed E-state index contributed by atoms with van der Waals surface area (Å²) in [5, 5.41) is 8.63. The van der Waals surface area contributed by atoms with Crippen LogP contribution in [0.3, 0.4) is 0 Å². The Morgan fingerprint density at radius 3 is 2.44 bits per heavy atom. The van der Waals surface area contributed by atoms with Gasteiger partial charge in [0.25, 0.3) is 0 Å². The van der Waals surface area contributed by atoms with Gasteiger partial charge in [-0.3, -0.25) is 4.79 Å². The zero-order valence-electron chi connectivity index (χ0n) is 9.44. The SMILES string of the molecule is COc1cc(SCC(=O)O)c(OC)cc1C. The summed E-state index contributed by atoms with van der Waals surface area (Å²) in [6.45, 7) is 1.91. The molecule has 88 valence electrons. The van der Waals surface area contributed by atoms with E-state index in [4.69, 9.17) is 14.6 Å². The van der Waals surface area contributed by atoms with Crippen LogP contribution in [0.1, 0.15) is 5.56 Å². The van der Waals surface area contributed by atoms with E-state index in [1.165, 1.54) is 11.8 Å². The Balaban J connectivity index is 2.99. The summed E-state index contributed by atoms with van der Waals surface area (Å²) in [5.74, 6) is 0.549. The van der Waals surface area contributed by atoms with Crippen molar-refractivity contribution in [3.63, 3.8) is 0 Å². The number of carboxylic acid groups (broad SMARTS) is 1. The Morgan fingerprint density at radius 1 is 1.31 bits per heavy atom. The van der Waals surface area contributed by atoms with Gasteiger partial charge in [-0.1, -0.05) is 0 Å². The molecule has 0 atom stereocenters. The Morgan fingerprint density at radius 2 is 1.94 bits per heavy atom. The van der Waals surface area contributed by atoms with Crippen molar-refractivity contribution in [2.45, 2.75) is 11.8 Å². The highest BCUT2D eigenvalue weighted by Gasteiger charge is 2.10. The molecule has 5 heteroatoms. The smallest absolute Gasteiger partial charge is 0.313 e. The van der Waals surface area contributed by atoms with Gasteiger partial charge in [0.1, 0.15) is 11.5 Å². The molecule has 1 N–H and O–H groups in total. The lowest BCUT2D eigenvalue weighted by atomic mass is 10.2. The fourth-order valence-corrected chi connectivity index (χ4v) is 2.03. The van der Waals surface area contributed by atoms with Crippen LogP contribution >= 0.6 is 11.8 Å². The van der Waals surface area contributed by atoms with E-state index < -0.39 is 5.97 Å². The largest absolute Gasteiger partial charge is 0.496 e. The zero-order valence-corrected chi connectivity index (χ0v) is 10.3. The first-order valence-electron chi connectivity index (χ1n) is 4.65. The molecule has 0 heterocycles. The molecule has 1 aromatic carbocycles. The van der Waals surface area contributed by atoms with Crippen LogP contribution in [0.5, 0.6) is 11.5 Å². The molecule has 0 amide bonds. The minimum Gasteiger partial charge on any atom is -0.496 e. The quantitative estimate of drug-likeness (QED) is 0.802. The lowest BCUT2D eigenvalue weighted by Gasteiger charge is -2.11. The maximum Gasteiger partial charge on any atom is 0.313 e. The van der Waals surface area contributed by atoms with Gasteiger partial charge in [-0.2, -0.15) is 0 Å². The van der Waals surface area contributed by atoms with Crippen molar-refractivity contribution in [3.8, 4) is 11.5 Å². The number of methoxy groups -OCH3 is 2. The molecule has 0 saturated heterocycles. The van der Waals surface area contributed by atoms with E-state index >= 15 is 0 Å². The monoisotopic (exact) mass is 242 g/mol. The van der Waals surface area contributed by atoms with Gasteiger partial charge in [-0.25, -0.2) is 0 Å². The van der Waals surface area contributed by atoms with E-state index in [0.29, 0.717) is 5.75 Å². The second-order valence-electron chi connectivity index (χ2n) is 3.16. The number of rotatable bonds is 5. The number of aliphatic carboxylic acids is 1. The predicted molar refractivity (Wildman–Crippen MR) is 62.6 cm³/mol. The zero-order chi connectivity index (χ0) is 12.1. The third-order valence-electron chi connectivity index (χ3n) is 2.03. The van der Waals surface area contributed by atoms with Crippen molar-refractivity contribution in [2.24, 2.45) is 0 Å². The molecule has 16 heavy (non-hydrogen) atoms. The van der Waals surface area contributed by atoms with Gasteiger partial charge in [-0.15, -0.1) is 11.8 Å². The molecule has 0 spiro atoms. The van der Waals surface area contributed by atoms with Crippen LogP contribution in [-0.2, 0) is 4.79 Å². The van der Waals surface area contributed by atoms with Crippen LogP contribution in [0.4, 0.5) is 0 Å². The molecule has 0 aromatic heterocycles. The van der Waals surface area contributed by atoms with E-state index in [2.05, 4.69) is 0 Å². The molecule has 1 aromatic rings. The van der Waals surface area contributed by atoms with E-state index in [1.807, 2.05) is 13.0 Å². The predicted octanol–water partition coefficient (Wildman–Crippen LogP) is 2.19. The number of ether oxygens (including phenoxy) is 2. The van der Waals surface area contributed by atoms with E-state index in [0.717, 1.165) is 16.2 Å². The van der Waals surface area contributed by atoms with Crippen molar-refractivity contribution in [3.05, 3.63) is 17.7 Å². The maximum absolute atomic E-state index is 10.5. The lowest BCUT2D eigenvalue weighted by Crippen LogP contribution is -1.99. The second kappa shape index (κ2) is 5.65. The molecule has 0 saturated carbocycles. The van der Waals surface area contributed by atoms with Crippen molar-refractivity contribution < 1.29 is 19.4 Å². The van der Waals surface area contributed by atoms with Crippen LogP contribution in [0, 0.1) is 6.92 Å². The summed E-state index contributed by atoms with van der Waals surface area (Å²) < 4.78 is 10.4. The van der Waals surface area contributed by atoms with Gasteiger partial charge in [0.15, 0.2) is 0 Å². The van der Waals surface area contributed by atoms with Crippen molar-refractivity contribution in [1.29, 1.82) is 0 Å². The molecule has 0 fully saturated rings. The number of hydrogen-bond acceptors (Lipinski definition) is 4. The fourth-order valence-electron chi connectivity index (χ4n) is 1.27. The molecular formula is C11H14O4S. The van der Waals surface area contributed by atoms with Crippen LogP contribution in [0.25, 0.3) is 0 Å². The van der Waals surface area contributed by atoms with Crippen molar-refractivity contribution >= 4 is 17.7 Å². The molecule has 0 aliphatic heterocycles. The van der Waals surface area contributed by atoms with E-state index in [9.17, 15) is 4.79 Å². The van der Waals surface area contributed by atoms with Crippen molar-refractivity contribution in [1.82, 2.24) is 0 Å². The summed E-state index contributed by atoms with van der Waals surface area (Å²) in [6.07, 6.45) is 0. The summed E-state index contributed by atoms with van der Waals surface area (Å²) in [5.41, 5.74) is 0.957. The molecule has 0 aliphatic carbocycles.